The fraction of sp³-hybridized carbons (Fsp3) is 0.562. The second kappa shape index (κ2) is 20.2. The summed E-state index contributed by atoms with van der Waals surface area (Å²) in [5.74, 6) is 0.679. The van der Waals surface area contributed by atoms with Crippen molar-refractivity contribution < 1.29 is 29.0 Å². The van der Waals surface area contributed by atoms with Crippen LogP contribution in [0, 0.1) is 11.8 Å². The highest BCUT2D eigenvalue weighted by molar-refractivity contribution is 5.82. The lowest BCUT2D eigenvalue weighted by atomic mass is 9.75. The van der Waals surface area contributed by atoms with E-state index in [1.54, 1.807) is 0 Å². The van der Waals surface area contributed by atoms with Gasteiger partial charge in [-0.1, -0.05) is 86.8 Å². The van der Waals surface area contributed by atoms with E-state index < -0.39 is 6.29 Å². The molecule has 0 unspecified atom stereocenters. The summed E-state index contributed by atoms with van der Waals surface area (Å²) in [7, 11) is 0. The molecule has 3 amide bonds. The highest BCUT2D eigenvalue weighted by Gasteiger charge is 2.46. The van der Waals surface area contributed by atoms with Crippen LogP contribution in [0.4, 0.5) is 0 Å². The standard InChI is InChI=1S/C48H66N4O6/c1-32-43(30-52-41-18-9-8-14-36(41)24-25-42(52)46(56)51-48(3,4)5)57-47(58-45(32)37-22-20-34(31-53)21-23-37)40-17-12-16-39(28-40)38-15-11-13-35(27-38)29-50-44(55)19-7-6-10-26-49-33(2)54/h11-13,15-17,20-23,27-28,32,36,41-43,45,47,53H,6-10,14,18-19,24-26,29-31H2,1-5H3,(H,49,54)(H,50,55)(H,51,56)/t32-,36+,41+,42+,43+,45+,47+/m0/s1. The summed E-state index contributed by atoms with van der Waals surface area (Å²) in [6.45, 7) is 11.6. The first kappa shape index (κ1) is 43.5. The number of unbranched alkanes of at least 4 members (excludes halogenated alkanes) is 2. The molecule has 3 aliphatic rings. The quantitative estimate of drug-likeness (QED) is 0.115. The first-order valence-electron chi connectivity index (χ1n) is 21.7. The van der Waals surface area contributed by atoms with E-state index in [1.165, 1.54) is 26.2 Å². The highest BCUT2D eigenvalue weighted by Crippen LogP contribution is 2.45. The summed E-state index contributed by atoms with van der Waals surface area (Å²) >= 11 is 0. The van der Waals surface area contributed by atoms with Crippen LogP contribution in [0.5, 0.6) is 0 Å². The van der Waals surface area contributed by atoms with Crippen molar-refractivity contribution in [2.75, 3.05) is 13.1 Å². The number of ether oxygens (including phenoxy) is 2. The van der Waals surface area contributed by atoms with E-state index in [1.807, 2.05) is 51.1 Å². The van der Waals surface area contributed by atoms with Gasteiger partial charge in [0.2, 0.25) is 17.7 Å². The predicted molar refractivity (Wildman–Crippen MR) is 227 cm³/mol. The third-order valence-corrected chi connectivity index (χ3v) is 12.2. The predicted octanol–water partition coefficient (Wildman–Crippen LogP) is 7.89. The number of carbonyl (C=O) groups is 3. The molecule has 3 fully saturated rings. The lowest BCUT2D eigenvalue weighted by molar-refractivity contribution is -0.278. The van der Waals surface area contributed by atoms with Crippen LogP contribution in [-0.4, -0.2) is 64.5 Å². The number of piperidine rings is 1. The van der Waals surface area contributed by atoms with Gasteiger partial charge in [0.15, 0.2) is 6.29 Å². The van der Waals surface area contributed by atoms with Crippen LogP contribution in [0.25, 0.3) is 11.1 Å². The molecule has 314 valence electrons. The van der Waals surface area contributed by atoms with Crippen LogP contribution in [0.1, 0.15) is 133 Å². The van der Waals surface area contributed by atoms with Crippen LogP contribution in [-0.2, 0) is 37.0 Å². The minimum atomic E-state index is -0.641. The number of hydrogen-bond acceptors (Lipinski definition) is 7. The van der Waals surface area contributed by atoms with E-state index in [0.717, 1.165) is 71.9 Å². The molecule has 10 nitrogen and oxygen atoms in total. The largest absolute Gasteiger partial charge is 0.392 e. The summed E-state index contributed by atoms with van der Waals surface area (Å²) in [5.41, 5.74) is 5.56. The Morgan fingerprint density at radius 1 is 0.810 bits per heavy atom. The number of hydrogen-bond donors (Lipinski definition) is 4. The first-order chi connectivity index (χ1) is 27.9. The normalized spacial score (nSPS) is 25.0. The molecular weight excluding hydrogens is 729 g/mol. The van der Waals surface area contributed by atoms with Crippen LogP contribution < -0.4 is 16.0 Å². The molecule has 4 N–H and O–H groups in total. The van der Waals surface area contributed by atoms with Crippen LogP contribution in [0.15, 0.2) is 72.8 Å². The van der Waals surface area contributed by atoms with Crippen molar-refractivity contribution in [1.82, 2.24) is 20.9 Å². The molecule has 58 heavy (non-hydrogen) atoms. The Morgan fingerprint density at radius 3 is 2.29 bits per heavy atom. The Hall–Kier alpha value is -4.09. The van der Waals surface area contributed by atoms with Crippen molar-refractivity contribution in [3.8, 4) is 11.1 Å². The van der Waals surface area contributed by atoms with Crippen molar-refractivity contribution in [3.63, 3.8) is 0 Å². The van der Waals surface area contributed by atoms with E-state index in [0.29, 0.717) is 38.0 Å². The van der Waals surface area contributed by atoms with Gasteiger partial charge in [-0.2, -0.15) is 0 Å². The molecule has 0 bridgehead atoms. The molecule has 3 aromatic rings. The van der Waals surface area contributed by atoms with Gasteiger partial charge in [0.1, 0.15) is 0 Å². The number of aliphatic hydroxyl groups excluding tert-OH is 1. The average Bonchev–Trinajstić information content (AvgIpc) is 3.21. The summed E-state index contributed by atoms with van der Waals surface area (Å²) < 4.78 is 13.9. The summed E-state index contributed by atoms with van der Waals surface area (Å²) in [5, 5.41) is 18.9. The van der Waals surface area contributed by atoms with Gasteiger partial charge in [-0.25, -0.2) is 0 Å². The molecule has 1 saturated carbocycles. The van der Waals surface area contributed by atoms with Gasteiger partial charge in [-0.3, -0.25) is 19.3 Å². The van der Waals surface area contributed by atoms with Gasteiger partial charge >= 0.3 is 0 Å². The first-order valence-corrected chi connectivity index (χ1v) is 21.7. The molecule has 1 aliphatic carbocycles. The molecule has 10 heteroatoms. The SMILES string of the molecule is CC(=O)NCCCCCC(=O)NCc1cccc(-c2cccc([C@@H]3O[C@H](CN4[C@@H](C(=O)NC(C)(C)C)CC[C@H]5CCCC[C@H]54)[C@H](C)[C@H](c4ccc(CO)cc4)O3)c2)c1. The average molecular weight is 795 g/mol. The summed E-state index contributed by atoms with van der Waals surface area (Å²) in [4.78, 5) is 40.1. The number of likely N-dealkylation sites (tertiary alicyclic amines) is 1. The zero-order valence-corrected chi connectivity index (χ0v) is 35.3. The van der Waals surface area contributed by atoms with E-state index in [-0.39, 0.29) is 54.0 Å². The number of nitrogens with zero attached hydrogens (tertiary/aromatic N) is 1. The molecule has 0 aromatic heterocycles. The number of rotatable bonds is 15. The van der Waals surface area contributed by atoms with E-state index in [4.69, 9.17) is 9.47 Å². The molecule has 2 heterocycles. The lowest BCUT2D eigenvalue weighted by Crippen LogP contribution is -2.61. The number of carbonyl (C=O) groups excluding carboxylic acids is 3. The van der Waals surface area contributed by atoms with Crippen molar-refractivity contribution in [2.24, 2.45) is 11.8 Å². The molecular formula is C48H66N4O6. The Kier molecular flexibility index (Phi) is 15.2. The van der Waals surface area contributed by atoms with Crippen molar-refractivity contribution in [2.45, 2.75) is 148 Å². The Balaban J connectivity index is 1.20. The van der Waals surface area contributed by atoms with Crippen molar-refractivity contribution in [3.05, 3.63) is 95.1 Å². The van der Waals surface area contributed by atoms with Crippen LogP contribution in [0.2, 0.25) is 0 Å². The van der Waals surface area contributed by atoms with Gasteiger partial charge in [0.25, 0.3) is 0 Å². The molecule has 2 aliphatic heterocycles. The number of amides is 3. The third kappa shape index (κ3) is 11.8. The minimum absolute atomic E-state index is 0.00895. The fourth-order valence-electron chi connectivity index (χ4n) is 9.13. The Morgan fingerprint density at radius 2 is 1.55 bits per heavy atom. The second-order valence-corrected chi connectivity index (χ2v) is 17.9. The number of nitrogens with one attached hydrogen (secondary N) is 3. The van der Waals surface area contributed by atoms with Crippen molar-refractivity contribution in [1.29, 1.82) is 0 Å². The van der Waals surface area contributed by atoms with Gasteiger partial charge in [0.05, 0.1) is 24.9 Å². The number of benzene rings is 3. The van der Waals surface area contributed by atoms with Crippen molar-refractivity contribution >= 4 is 17.7 Å². The third-order valence-electron chi connectivity index (χ3n) is 12.2. The smallest absolute Gasteiger partial charge is 0.237 e. The van der Waals surface area contributed by atoms with Crippen LogP contribution in [0.3, 0.4) is 0 Å². The van der Waals surface area contributed by atoms with Gasteiger partial charge in [0, 0.05) is 56.0 Å². The molecule has 0 radical (unpaired) electrons. The second-order valence-electron chi connectivity index (χ2n) is 17.9. The lowest BCUT2D eigenvalue weighted by Gasteiger charge is -2.51. The van der Waals surface area contributed by atoms with Gasteiger partial charge < -0.3 is 30.5 Å². The van der Waals surface area contributed by atoms with E-state index >= 15 is 0 Å². The summed E-state index contributed by atoms with van der Waals surface area (Å²) in [6.07, 6.45) is 8.55. The maximum Gasteiger partial charge on any atom is 0.237 e. The Labute approximate surface area is 345 Å². The van der Waals surface area contributed by atoms with Gasteiger partial charge in [-0.05, 0) is 105 Å². The zero-order valence-electron chi connectivity index (χ0n) is 35.3. The number of aliphatic hydroxyl groups is 1. The van der Waals surface area contributed by atoms with Gasteiger partial charge in [-0.15, -0.1) is 0 Å². The fourth-order valence-corrected chi connectivity index (χ4v) is 9.13. The monoisotopic (exact) mass is 794 g/mol. The molecule has 7 atom stereocenters. The number of fused-ring (bicyclic) bond motifs is 1. The van der Waals surface area contributed by atoms with E-state index in [2.05, 4.69) is 70.2 Å². The minimum Gasteiger partial charge on any atom is -0.392 e. The summed E-state index contributed by atoms with van der Waals surface area (Å²) in [6, 6.07) is 24.7. The molecule has 0 spiro atoms. The zero-order chi connectivity index (χ0) is 41.2. The van der Waals surface area contributed by atoms with E-state index in [9.17, 15) is 19.5 Å². The molecule has 2 saturated heterocycles. The highest BCUT2D eigenvalue weighted by atomic mass is 16.7. The maximum atomic E-state index is 13.9. The van der Waals surface area contributed by atoms with Crippen LogP contribution >= 0.6 is 0 Å². The molecule has 6 rings (SSSR count). The topological polar surface area (TPSA) is 129 Å². The maximum absolute atomic E-state index is 13.9. The molecule has 3 aromatic carbocycles. The Bertz CT molecular complexity index is 1830.